The monoisotopic (exact) mass is 1090 g/mol. The number of carbonyl (C=O) groups excluding carboxylic acids is 3. The minimum Gasteiger partial charge on any atom is -0.375 e. The number of rotatable bonds is 19. The number of nitrogens with one attached hydrogen (secondary N) is 2. The van der Waals surface area contributed by atoms with Crippen molar-refractivity contribution in [3.63, 3.8) is 0 Å². The van der Waals surface area contributed by atoms with Gasteiger partial charge in [-0.15, -0.1) is 0 Å². The molecule has 2 aromatic heterocycles. The van der Waals surface area contributed by atoms with Gasteiger partial charge in [0.2, 0.25) is 5.91 Å². The molecule has 11 rings (SSSR count). The Kier molecular flexibility index (Phi) is 18.6. The van der Waals surface area contributed by atoms with Crippen LogP contribution in [0.3, 0.4) is 0 Å². The van der Waals surface area contributed by atoms with Crippen molar-refractivity contribution in [3.05, 3.63) is 41.7 Å². The van der Waals surface area contributed by atoms with Crippen molar-refractivity contribution in [3.8, 4) is 11.3 Å². The van der Waals surface area contributed by atoms with Gasteiger partial charge in [-0.3, -0.25) is 24.5 Å². The number of amides is 2. The lowest BCUT2D eigenvalue weighted by molar-refractivity contribution is -0.146. The highest BCUT2D eigenvalue weighted by Gasteiger charge is 2.54. The normalized spacial score (nSPS) is 25.9. The number of aldehydes is 1. The lowest BCUT2D eigenvalue weighted by Gasteiger charge is -2.57. The standard InChI is InChI=1S/C65H99N9O4.CH4.2H2/c1-7-72-57-23-22-49(39-53(57)55(43-64(3,4)26-16-38-75)61(72)54-40-50(44-66-58(54)45(2)78-6)71-36-34-69(5)35-37-71)70-32-24-51(48-41-65(42-48)27-15-28-65)52(25-33-70)59(63(77)74-31-13-12-29-67-74)68-62(76)60(47-19-10-11-20-47)73-30-14-21-56(73)46-17-8-9-18-46;;;/h22-23,38-40,44-48,51-52,56,59-60,67H,7-21,24-37,41-43H2,1-6H3,(H,68,76);1H4;2*1H/t45-,51?,52?,56+,59-,60-;;;/m0.../s1. The number of fused-ring (bicyclic) bond motifs is 1. The first-order chi connectivity index (χ1) is 37.9. The van der Waals surface area contributed by atoms with Crippen LogP contribution in [0.5, 0.6) is 0 Å². The van der Waals surface area contributed by atoms with Crippen molar-refractivity contribution in [2.45, 2.75) is 207 Å². The molecule has 4 saturated heterocycles. The molecule has 1 aromatic carbocycles. The molecule has 6 atom stereocenters. The molecule has 8 fully saturated rings. The number of ether oxygens (including phenoxy) is 1. The van der Waals surface area contributed by atoms with E-state index in [9.17, 15) is 4.79 Å². The number of likely N-dealkylation sites (tertiary alicyclic amines) is 1. The number of hydrogen-bond acceptors (Lipinski definition) is 10. The predicted octanol–water partition coefficient (Wildman–Crippen LogP) is 12.1. The maximum Gasteiger partial charge on any atom is 0.259 e. The Morgan fingerprint density at radius 3 is 2.28 bits per heavy atom. The largest absolute Gasteiger partial charge is 0.375 e. The Balaban J connectivity index is 0.00000287. The van der Waals surface area contributed by atoms with Crippen LogP contribution in [0.2, 0.25) is 0 Å². The van der Waals surface area contributed by atoms with Crippen molar-refractivity contribution in [2.24, 2.45) is 40.4 Å². The molecule has 1 spiro atoms. The number of anilines is 2. The lowest BCUT2D eigenvalue weighted by atomic mass is 9.48. The van der Waals surface area contributed by atoms with Gasteiger partial charge in [0.25, 0.3) is 5.91 Å². The summed E-state index contributed by atoms with van der Waals surface area (Å²) in [6, 6.07) is 9.38. The molecule has 4 aliphatic carbocycles. The second-order valence-electron chi connectivity index (χ2n) is 27.1. The van der Waals surface area contributed by atoms with Gasteiger partial charge in [0, 0.05) is 103 Å². The van der Waals surface area contributed by atoms with Crippen molar-refractivity contribution in [1.82, 2.24) is 35.1 Å². The van der Waals surface area contributed by atoms with E-state index in [-0.39, 0.29) is 45.6 Å². The molecule has 0 radical (unpaired) electrons. The Hall–Kier alpha value is -4.04. The molecule has 8 aliphatic rings. The fraction of sp³-hybridized carbons (Fsp3) is 0.758. The average molecular weight is 1090 g/mol. The van der Waals surface area contributed by atoms with Gasteiger partial charge in [0.05, 0.1) is 35.4 Å². The quantitative estimate of drug-likeness (QED) is 0.112. The number of aryl methyl sites for hydroxylation is 1. The number of hydrogen-bond donors (Lipinski definition) is 2. The maximum atomic E-state index is 15.7. The van der Waals surface area contributed by atoms with E-state index in [0.29, 0.717) is 48.1 Å². The minimum atomic E-state index is -0.565. The van der Waals surface area contributed by atoms with Crippen LogP contribution in [0.1, 0.15) is 190 Å². The highest BCUT2D eigenvalue weighted by Crippen LogP contribution is 2.62. The highest BCUT2D eigenvalue weighted by molar-refractivity contribution is 5.95. The second-order valence-corrected chi connectivity index (χ2v) is 27.1. The molecule has 13 heteroatoms. The SMILES string of the molecule is C.CCn1c(-c2cc(N3CCN(C)CC3)cnc2[C@H](C)OC)c(CC(C)(C)CCC=O)c2cc(N3CCC(C4CC5(CCC5)C4)C([C@H](NC(=O)[C@H](C4CCCC4)N4CCC[C@@H]4C4CCCC4)C(=O)N4CCCCN4)CC3)ccc21.[HH].[HH]. The predicted molar refractivity (Wildman–Crippen MR) is 325 cm³/mol. The summed E-state index contributed by atoms with van der Waals surface area (Å²) in [5, 5.41) is 6.96. The zero-order valence-corrected chi connectivity index (χ0v) is 49.1. The van der Waals surface area contributed by atoms with Crippen LogP contribution in [0.15, 0.2) is 30.5 Å². The maximum absolute atomic E-state index is 15.7. The van der Waals surface area contributed by atoms with E-state index in [4.69, 9.17) is 9.72 Å². The van der Waals surface area contributed by atoms with E-state index in [1.165, 1.54) is 111 Å². The summed E-state index contributed by atoms with van der Waals surface area (Å²) in [5.74, 6) is 2.23. The molecule has 2 N–H and O–H groups in total. The van der Waals surface area contributed by atoms with E-state index in [2.05, 4.69) is 100 Å². The number of nitrogens with zero attached hydrogens (tertiary/aromatic N) is 7. The summed E-state index contributed by atoms with van der Waals surface area (Å²) in [6.07, 6.45) is 27.8. The van der Waals surface area contributed by atoms with Gasteiger partial charge in [-0.25, -0.2) is 5.43 Å². The summed E-state index contributed by atoms with van der Waals surface area (Å²) in [7, 11) is 3.99. The molecular formula is C66H107N9O4. The molecule has 440 valence electrons. The average Bonchev–Trinajstić information content (AvgIpc) is 4.50. The van der Waals surface area contributed by atoms with Crippen LogP contribution in [0.25, 0.3) is 22.2 Å². The highest BCUT2D eigenvalue weighted by atomic mass is 16.5. The first-order valence-corrected chi connectivity index (χ1v) is 31.8. The molecular weight excluding hydrogens is 983 g/mol. The molecule has 2 unspecified atom stereocenters. The third-order valence-electron chi connectivity index (χ3n) is 21.7. The molecule has 4 aliphatic heterocycles. The van der Waals surface area contributed by atoms with E-state index in [0.717, 1.165) is 134 Å². The molecule has 79 heavy (non-hydrogen) atoms. The first-order valence-electron chi connectivity index (χ1n) is 31.8. The molecule has 2 amide bonds. The summed E-state index contributed by atoms with van der Waals surface area (Å²) in [4.78, 5) is 58.6. The smallest absolute Gasteiger partial charge is 0.259 e. The van der Waals surface area contributed by atoms with Crippen LogP contribution >= 0.6 is 0 Å². The van der Waals surface area contributed by atoms with Gasteiger partial charge < -0.3 is 34.1 Å². The van der Waals surface area contributed by atoms with E-state index in [1.54, 1.807) is 7.11 Å². The number of hydrazine groups is 1. The fourth-order valence-corrected chi connectivity index (χ4v) is 17.2. The molecule has 6 heterocycles. The minimum absolute atomic E-state index is 0. The van der Waals surface area contributed by atoms with Gasteiger partial charge in [-0.1, -0.05) is 53.4 Å². The van der Waals surface area contributed by atoms with Crippen molar-refractivity contribution >= 4 is 40.4 Å². The van der Waals surface area contributed by atoms with E-state index >= 15 is 9.59 Å². The Bertz CT molecular complexity index is 2550. The summed E-state index contributed by atoms with van der Waals surface area (Å²) < 4.78 is 8.62. The second kappa shape index (κ2) is 25.2. The number of likely N-dealkylation sites (N-methyl/N-ethyl adjacent to an activating group) is 1. The molecule has 4 saturated carbocycles. The fourth-order valence-electron chi connectivity index (χ4n) is 17.2. The number of carbonyl (C=O) groups is 3. The van der Waals surface area contributed by atoms with Crippen LogP contribution in [-0.2, 0) is 32.1 Å². The number of piperazine rings is 1. The molecule has 13 nitrogen and oxygen atoms in total. The van der Waals surface area contributed by atoms with Crippen molar-refractivity contribution < 1.29 is 22.0 Å². The topological polar surface area (TPSA) is 119 Å². The van der Waals surface area contributed by atoms with Crippen LogP contribution in [0, 0.1) is 40.4 Å². The summed E-state index contributed by atoms with van der Waals surface area (Å²) in [5.41, 5.74) is 12.1. The van der Waals surface area contributed by atoms with Crippen LogP contribution in [0.4, 0.5) is 11.4 Å². The van der Waals surface area contributed by atoms with Crippen LogP contribution < -0.4 is 20.5 Å². The van der Waals surface area contributed by atoms with Gasteiger partial charge in [0.1, 0.15) is 12.3 Å². The number of pyridine rings is 1. The molecule has 0 bridgehead atoms. The Morgan fingerprint density at radius 2 is 1.59 bits per heavy atom. The number of methoxy groups -OCH3 is 1. The van der Waals surface area contributed by atoms with E-state index in [1.807, 2.05) is 5.01 Å². The van der Waals surface area contributed by atoms with Gasteiger partial charge in [0.15, 0.2) is 0 Å². The number of aromatic nitrogens is 2. The summed E-state index contributed by atoms with van der Waals surface area (Å²) in [6.45, 7) is 18.0. The van der Waals surface area contributed by atoms with Gasteiger partial charge in [-0.05, 0) is 200 Å². The van der Waals surface area contributed by atoms with Gasteiger partial charge in [-0.2, -0.15) is 0 Å². The zero-order valence-electron chi connectivity index (χ0n) is 49.1. The third-order valence-corrected chi connectivity index (χ3v) is 21.7. The first kappa shape index (κ1) is 58.2. The lowest BCUT2D eigenvalue weighted by Crippen LogP contribution is -2.63. The number of benzene rings is 1. The molecule has 3 aromatic rings. The Labute approximate surface area is 479 Å². The Morgan fingerprint density at radius 1 is 0.861 bits per heavy atom. The van der Waals surface area contributed by atoms with E-state index < -0.39 is 6.04 Å². The zero-order chi connectivity index (χ0) is 54.1. The van der Waals surface area contributed by atoms with Crippen LogP contribution in [-0.4, -0.2) is 134 Å². The van der Waals surface area contributed by atoms with Gasteiger partial charge >= 0.3 is 0 Å². The third kappa shape index (κ3) is 12.1. The van der Waals surface area contributed by atoms with Crippen molar-refractivity contribution in [1.29, 1.82) is 0 Å². The van der Waals surface area contributed by atoms with Crippen molar-refractivity contribution in [2.75, 3.05) is 82.9 Å². The summed E-state index contributed by atoms with van der Waals surface area (Å²) >= 11 is 0.